The molecule has 0 aliphatic carbocycles. The Hall–Kier alpha value is -2.11. The summed E-state index contributed by atoms with van der Waals surface area (Å²) >= 11 is 0. The van der Waals surface area contributed by atoms with E-state index in [1.807, 2.05) is 0 Å². The zero-order valence-electron chi connectivity index (χ0n) is 10.4. The summed E-state index contributed by atoms with van der Waals surface area (Å²) in [6.07, 6.45) is 3.04. The molecule has 1 heterocycles. The molecule has 6 heteroatoms. The molecule has 0 amide bonds. The fraction of sp³-hybridized carbons (Fsp3) is 0.231. The van der Waals surface area contributed by atoms with Gasteiger partial charge in [-0.25, -0.2) is 13.2 Å². The molecule has 1 aromatic carbocycles. The highest BCUT2D eigenvalue weighted by molar-refractivity contribution is 5.47. The number of anilines is 1. The van der Waals surface area contributed by atoms with E-state index >= 15 is 0 Å². The van der Waals surface area contributed by atoms with Crippen LogP contribution in [0.2, 0.25) is 0 Å². The summed E-state index contributed by atoms with van der Waals surface area (Å²) in [5.41, 5.74) is 1.02. The molecular formula is C13H12F3N3. The van der Waals surface area contributed by atoms with E-state index < -0.39 is 23.5 Å². The van der Waals surface area contributed by atoms with Gasteiger partial charge in [-0.1, -0.05) is 0 Å². The number of nitrogens with zero attached hydrogens (tertiary/aromatic N) is 2. The largest absolute Gasteiger partial charge is 0.374 e. The summed E-state index contributed by atoms with van der Waals surface area (Å²) in [6, 6.07) is 0.976. The van der Waals surface area contributed by atoms with Crippen molar-refractivity contribution < 1.29 is 13.2 Å². The number of rotatable bonds is 3. The molecule has 0 spiro atoms. The summed E-state index contributed by atoms with van der Waals surface area (Å²) in [7, 11) is 0. The van der Waals surface area contributed by atoms with Crippen LogP contribution in [0.5, 0.6) is 0 Å². The van der Waals surface area contributed by atoms with E-state index in [0.717, 1.165) is 6.07 Å². The molecule has 1 atom stereocenters. The molecule has 1 unspecified atom stereocenters. The second kappa shape index (κ2) is 5.26. The van der Waals surface area contributed by atoms with Crippen molar-refractivity contribution in [3.8, 4) is 0 Å². The van der Waals surface area contributed by atoms with Gasteiger partial charge >= 0.3 is 0 Å². The molecule has 3 nitrogen and oxygen atoms in total. The van der Waals surface area contributed by atoms with Crippen LogP contribution in [0.25, 0.3) is 0 Å². The average molecular weight is 267 g/mol. The summed E-state index contributed by atoms with van der Waals surface area (Å²) in [5, 5.41) is 2.69. The predicted molar refractivity (Wildman–Crippen MR) is 65.1 cm³/mol. The van der Waals surface area contributed by atoms with Gasteiger partial charge in [0.2, 0.25) is 0 Å². The second-order valence-corrected chi connectivity index (χ2v) is 4.14. The fourth-order valence-electron chi connectivity index (χ4n) is 1.81. The highest BCUT2D eigenvalue weighted by Crippen LogP contribution is 2.24. The van der Waals surface area contributed by atoms with Gasteiger partial charge in [0, 0.05) is 24.5 Å². The SMILES string of the molecule is Cc1nccnc1C(C)Nc1cc(F)cc(F)c1F. The molecule has 0 fully saturated rings. The van der Waals surface area contributed by atoms with Gasteiger partial charge in [-0.15, -0.1) is 0 Å². The molecule has 2 aromatic rings. The minimum atomic E-state index is -1.23. The Balaban J connectivity index is 2.29. The van der Waals surface area contributed by atoms with Gasteiger partial charge in [0.15, 0.2) is 11.6 Å². The Morgan fingerprint density at radius 2 is 1.79 bits per heavy atom. The standard InChI is InChI=1S/C13H12F3N3/c1-7-13(18-4-3-17-7)8(2)19-11-6-9(14)5-10(15)12(11)16/h3-6,8,19H,1-2H3. The number of hydrogen-bond donors (Lipinski definition) is 1. The van der Waals surface area contributed by atoms with E-state index in [9.17, 15) is 13.2 Å². The van der Waals surface area contributed by atoms with Gasteiger partial charge in [0.25, 0.3) is 0 Å². The van der Waals surface area contributed by atoms with E-state index in [2.05, 4.69) is 15.3 Å². The van der Waals surface area contributed by atoms with E-state index in [1.165, 1.54) is 12.4 Å². The summed E-state index contributed by atoms with van der Waals surface area (Å²) in [6.45, 7) is 3.46. The van der Waals surface area contributed by atoms with Gasteiger partial charge in [-0.3, -0.25) is 9.97 Å². The number of hydrogen-bond acceptors (Lipinski definition) is 3. The zero-order valence-corrected chi connectivity index (χ0v) is 10.4. The maximum Gasteiger partial charge on any atom is 0.182 e. The van der Waals surface area contributed by atoms with Crippen molar-refractivity contribution in [1.82, 2.24) is 9.97 Å². The van der Waals surface area contributed by atoms with Crippen LogP contribution in [0.15, 0.2) is 24.5 Å². The van der Waals surface area contributed by atoms with E-state index in [0.29, 0.717) is 17.5 Å². The van der Waals surface area contributed by atoms with Gasteiger partial charge < -0.3 is 5.32 Å². The molecule has 0 aliphatic heterocycles. The number of aryl methyl sites for hydroxylation is 1. The first-order valence-corrected chi connectivity index (χ1v) is 5.67. The first-order valence-electron chi connectivity index (χ1n) is 5.67. The van der Waals surface area contributed by atoms with Crippen molar-refractivity contribution in [1.29, 1.82) is 0 Å². The molecule has 0 bridgehead atoms. The van der Waals surface area contributed by atoms with Crippen molar-refractivity contribution in [3.63, 3.8) is 0 Å². The monoisotopic (exact) mass is 267 g/mol. The van der Waals surface area contributed by atoms with Crippen LogP contribution >= 0.6 is 0 Å². The average Bonchev–Trinajstić information content (AvgIpc) is 2.35. The molecule has 0 saturated heterocycles. The lowest BCUT2D eigenvalue weighted by atomic mass is 10.1. The Labute approximate surface area is 108 Å². The lowest BCUT2D eigenvalue weighted by Gasteiger charge is -2.16. The second-order valence-electron chi connectivity index (χ2n) is 4.14. The first-order chi connectivity index (χ1) is 8.99. The minimum Gasteiger partial charge on any atom is -0.374 e. The highest BCUT2D eigenvalue weighted by Gasteiger charge is 2.16. The Morgan fingerprint density at radius 3 is 2.47 bits per heavy atom. The van der Waals surface area contributed by atoms with Crippen LogP contribution in [-0.2, 0) is 0 Å². The molecule has 1 N–H and O–H groups in total. The fourth-order valence-corrected chi connectivity index (χ4v) is 1.81. The van der Waals surface area contributed by atoms with Crippen LogP contribution in [0.4, 0.5) is 18.9 Å². The maximum absolute atomic E-state index is 13.5. The van der Waals surface area contributed by atoms with Crippen molar-refractivity contribution in [2.24, 2.45) is 0 Å². The van der Waals surface area contributed by atoms with Crippen molar-refractivity contribution in [2.45, 2.75) is 19.9 Å². The third-order valence-corrected chi connectivity index (χ3v) is 2.69. The van der Waals surface area contributed by atoms with Crippen LogP contribution in [0.3, 0.4) is 0 Å². The molecule has 100 valence electrons. The summed E-state index contributed by atoms with van der Waals surface area (Å²) < 4.78 is 39.7. The quantitative estimate of drug-likeness (QED) is 0.866. The molecule has 0 saturated carbocycles. The normalized spacial score (nSPS) is 12.3. The maximum atomic E-state index is 13.5. The predicted octanol–water partition coefficient (Wildman–Crippen LogP) is 3.38. The number of benzene rings is 1. The van der Waals surface area contributed by atoms with Crippen molar-refractivity contribution in [3.05, 3.63) is 53.4 Å². The molecule has 2 rings (SSSR count). The number of nitrogens with one attached hydrogen (secondary N) is 1. The van der Waals surface area contributed by atoms with Crippen molar-refractivity contribution in [2.75, 3.05) is 5.32 Å². The summed E-state index contributed by atoms with van der Waals surface area (Å²) in [5.74, 6) is -3.19. The Kier molecular flexibility index (Phi) is 3.69. The van der Waals surface area contributed by atoms with Gasteiger partial charge in [-0.05, 0) is 13.8 Å². The van der Waals surface area contributed by atoms with Crippen molar-refractivity contribution >= 4 is 5.69 Å². The molecule has 0 aliphatic rings. The molecular weight excluding hydrogens is 255 g/mol. The van der Waals surface area contributed by atoms with Gasteiger partial charge in [-0.2, -0.15) is 0 Å². The van der Waals surface area contributed by atoms with Crippen LogP contribution < -0.4 is 5.32 Å². The smallest absolute Gasteiger partial charge is 0.182 e. The van der Waals surface area contributed by atoms with Gasteiger partial charge in [0.05, 0.1) is 23.1 Å². The zero-order chi connectivity index (χ0) is 14.0. The highest BCUT2D eigenvalue weighted by atomic mass is 19.2. The van der Waals surface area contributed by atoms with Crippen LogP contribution in [0.1, 0.15) is 24.4 Å². The molecule has 19 heavy (non-hydrogen) atoms. The van der Waals surface area contributed by atoms with E-state index in [-0.39, 0.29) is 5.69 Å². The lowest BCUT2D eigenvalue weighted by molar-refractivity contribution is 0.496. The first kappa shape index (κ1) is 13.3. The van der Waals surface area contributed by atoms with Crippen LogP contribution in [0, 0.1) is 24.4 Å². The minimum absolute atomic E-state index is 0.241. The van der Waals surface area contributed by atoms with E-state index in [1.54, 1.807) is 13.8 Å². The third-order valence-electron chi connectivity index (χ3n) is 2.69. The topological polar surface area (TPSA) is 37.8 Å². The molecule has 1 aromatic heterocycles. The third kappa shape index (κ3) is 2.83. The summed E-state index contributed by atoms with van der Waals surface area (Å²) in [4.78, 5) is 8.17. The van der Waals surface area contributed by atoms with E-state index in [4.69, 9.17) is 0 Å². The lowest BCUT2D eigenvalue weighted by Crippen LogP contribution is -2.12. The Morgan fingerprint density at radius 1 is 1.11 bits per heavy atom. The number of aromatic nitrogens is 2. The molecule has 0 radical (unpaired) electrons. The number of halogens is 3. The Bertz CT molecular complexity index is 602. The van der Waals surface area contributed by atoms with Crippen LogP contribution in [-0.4, -0.2) is 9.97 Å². The van der Waals surface area contributed by atoms with Gasteiger partial charge in [0.1, 0.15) is 5.82 Å².